The molecule has 0 radical (unpaired) electrons. The summed E-state index contributed by atoms with van der Waals surface area (Å²) in [5.74, 6) is -1.12. The van der Waals surface area contributed by atoms with E-state index >= 15 is 0 Å². The maximum absolute atomic E-state index is 13.7. The molecule has 0 atom stereocenters. The number of nitrogens with zero attached hydrogens (tertiary/aromatic N) is 1. The van der Waals surface area contributed by atoms with Crippen molar-refractivity contribution in [1.82, 2.24) is 4.98 Å². The fourth-order valence-electron chi connectivity index (χ4n) is 1.51. The second-order valence-electron chi connectivity index (χ2n) is 3.76. The summed E-state index contributed by atoms with van der Waals surface area (Å²) >= 11 is 0. The average molecular weight is 234 g/mol. The number of anilines is 1. The zero-order valence-corrected chi connectivity index (χ0v) is 9.37. The lowest BCUT2D eigenvalue weighted by molar-refractivity contribution is 0.582. The van der Waals surface area contributed by atoms with E-state index in [2.05, 4.69) is 10.3 Å². The minimum absolute atomic E-state index is 0.0817. The van der Waals surface area contributed by atoms with Gasteiger partial charge in [-0.05, 0) is 36.2 Å². The molecule has 88 valence electrons. The molecule has 1 N–H and O–H groups in total. The predicted molar refractivity (Wildman–Crippen MR) is 62.7 cm³/mol. The van der Waals surface area contributed by atoms with E-state index in [1.165, 1.54) is 12.1 Å². The van der Waals surface area contributed by atoms with Gasteiger partial charge >= 0.3 is 0 Å². The second kappa shape index (κ2) is 4.91. The quantitative estimate of drug-likeness (QED) is 0.881. The van der Waals surface area contributed by atoms with Gasteiger partial charge in [-0.15, -0.1) is 0 Å². The molecule has 2 rings (SSSR count). The van der Waals surface area contributed by atoms with Crippen LogP contribution in [0, 0.1) is 18.6 Å². The molecule has 0 aliphatic carbocycles. The lowest BCUT2D eigenvalue weighted by Crippen LogP contribution is -2.04. The lowest BCUT2D eigenvalue weighted by Gasteiger charge is -2.10. The number of hydrogen-bond donors (Lipinski definition) is 1. The van der Waals surface area contributed by atoms with Gasteiger partial charge < -0.3 is 5.32 Å². The summed E-state index contributed by atoms with van der Waals surface area (Å²) in [5.41, 5.74) is 1.26. The van der Waals surface area contributed by atoms with Gasteiger partial charge in [-0.3, -0.25) is 4.98 Å². The topological polar surface area (TPSA) is 24.9 Å². The highest BCUT2D eigenvalue weighted by Crippen LogP contribution is 2.22. The molecule has 1 aromatic heterocycles. The number of hydrogen-bond acceptors (Lipinski definition) is 2. The highest BCUT2D eigenvalue weighted by molar-refractivity contribution is 5.49. The first-order valence-electron chi connectivity index (χ1n) is 5.26. The van der Waals surface area contributed by atoms with Crippen LogP contribution < -0.4 is 5.32 Å². The second-order valence-corrected chi connectivity index (χ2v) is 3.76. The largest absolute Gasteiger partial charge is 0.376 e. The van der Waals surface area contributed by atoms with Gasteiger partial charge in [0.25, 0.3) is 0 Å². The molecule has 0 aliphatic rings. The van der Waals surface area contributed by atoms with Crippen molar-refractivity contribution >= 4 is 5.69 Å². The third-order valence-electron chi connectivity index (χ3n) is 2.50. The molecule has 0 unspecified atom stereocenters. The smallest absolute Gasteiger partial charge is 0.152 e. The van der Waals surface area contributed by atoms with Crippen molar-refractivity contribution in [3.8, 4) is 0 Å². The minimum Gasteiger partial charge on any atom is -0.376 e. The highest BCUT2D eigenvalue weighted by Gasteiger charge is 2.10. The van der Waals surface area contributed by atoms with Crippen molar-refractivity contribution in [2.45, 2.75) is 13.5 Å². The Morgan fingerprint density at radius 2 is 1.82 bits per heavy atom. The first kappa shape index (κ1) is 11.5. The normalized spacial score (nSPS) is 10.3. The number of aromatic nitrogens is 1. The van der Waals surface area contributed by atoms with E-state index in [0.717, 1.165) is 5.56 Å². The number of nitrogens with one attached hydrogen (secondary N) is 1. The molecule has 1 aromatic carbocycles. The standard InChI is InChI=1S/C13H12F2N2/c1-9-2-3-11(14)13(12(9)15)17-8-10-4-6-16-7-5-10/h2-7,17H,8H2,1H3. The molecule has 0 aliphatic heterocycles. The van der Waals surface area contributed by atoms with E-state index in [1.807, 2.05) is 0 Å². The van der Waals surface area contributed by atoms with Gasteiger partial charge in [0.2, 0.25) is 0 Å². The van der Waals surface area contributed by atoms with Crippen molar-refractivity contribution in [2.75, 3.05) is 5.32 Å². The molecule has 0 bridgehead atoms. The fraction of sp³-hybridized carbons (Fsp3) is 0.154. The number of benzene rings is 1. The zero-order chi connectivity index (χ0) is 12.3. The Hall–Kier alpha value is -1.97. The molecule has 0 fully saturated rings. The third kappa shape index (κ3) is 2.58. The van der Waals surface area contributed by atoms with Gasteiger partial charge in [0.05, 0.1) is 0 Å². The van der Waals surface area contributed by atoms with Crippen LogP contribution in [0.3, 0.4) is 0 Å². The van der Waals surface area contributed by atoms with Crippen LogP contribution in [-0.4, -0.2) is 4.98 Å². The summed E-state index contributed by atoms with van der Waals surface area (Å²) < 4.78 is 27.1. The Bertz CT molecular complexity index is 512. The summed E-state index contributed by atoms with van der Waals surface area (Å²) in [5, 5.41) is 2.76. The summed E-state index contributed by atoms with van der Waals surface area (Å²) in [6.45, 7) is 1.96. The van der Waals surface area contributed by atoms with E-state index in [0.29, 0.717) is 12.1 Å². The summed E-state index contributed by atoms with van der Waals surface area (Å²) in [4.78, 5) is 3.87. The van der Waals surface area contributed by atoms with Crippen molar-refractivity contribution < 1.29 is 8.78 Å². The molecule has 1 heterocycles. The average Bonchev–Trinajstić information content (AvgIpc) is 2.35. The number of pyridine rings is 1. The number of halogens is 2. The first-order valence-corrected chi connectivity index (χ1v) is 5.26. The minimum atomic E-state index is -0.581. The molecular formula is C13H12F2N2. The molecular weight excluding hydrogens is 222 g/mol. The lowest BCUT2D eigenvalue weighted by atomic mass is 10.2. The van der Waals surface area contributed by atoms with Crippen molar-refractivity contribution in [3.05, 3.63) is 59.4 Å². The third-order valence-corrected chi connectivity index (χ3v) is 2.50. The molecule has 2 aromatic rings. The Balaban J connectivity index is 2.17. The maximum Gasteiger partial charge on any atom is 0.152 e. The van der Waals surface area contributed by atoms with Gasteiger partial charge in [0, 0.05) is 18.9 Å². The Labute approximate surface area is 98.3 Å². The molecule has 0 spiro atoms. The van der Waals surface area contributed by atoms with Gasteiger partial charge in [-0.1, -0.05) is 6.07 Å². The summed E-state index contributed by atoms with van der Waals surface area (Å²) in [6.07, 6.45) is 3.28. The molecule has 0 saturated carbocycles. The first-order chi connectivity index (χ1) is 8.18. The molecule has 17 heavy (non-hydrogen) atoms. The van der Waals surface area contributed by atoms with Gasteiger partial charge in [0.15, 0.2) is 5.82 Å². The van der Waals surface area contributed by atoms with Crippen LogP contribution in [0.4, 0.5) is 14.5 Å². The van der Waals surface area contributed by atoms with Crippen molar-refractivity contribution in [1.29, 1.82) is 0 Å². The van der Waals surface area contributed by atoms with E-state index in [4.69, 9.17) is 0 Å². The van der Waals surface area contributed by atoms with Gasteiger partial charge in [-0.25, -0.2) is 8.78 Å². The molecule has 0 amide bonds. The Morgan fingerprint density at radius 1 is 1.12 bits per heavy atom. The van der Waals surface area contributed by atoms with Crippen LogP contribution in [0.2, 0.25) is 0 Å². The molecule has 0 saturated heterocycles. The zero-order valence-electron chi connectivity index (χ0n) is 9.37. The van der Waals surface area contributed by atoms with Crippen LogP contribution in [0.15, 0.2) is 36.7 Å². The Morgan fingerprint density at radius 3 is 2.53 bits per heavy atom. The molecule has 2 nitrogen and oxygen atoms in total. The van der Waals surface area contributed by atoms with Crippen molar-refractivity contribution in [3.63, 3.8) is 0 Å². The van der Waals surface area contributed by atoms with Gasteiger partial charge in [0.1, 0.15) is 11.5 Å². The van der Waals surface area contributed by atoms with Crippen molar-refractivity contribution in [2.24, 2.45) is 0 Å². The van der Waals surface area contributed by atoms with Crippen LogP contribution in [-0.2, 0) is 6.54 Å². The van der Waals surface area contributed by atoms with Crippen LogP contribution in [0.5, 0.6) is 0 Å². The van der Waals surface area contributed by atoms with E-state index in [-0.39, 0.29) is 5.69 Å². The number of aryl methyl sites for hydroxylation is 1. The molecule has 4 heteroatoms. The summed E-state index contributed by atoms with van der Waals surface area (Å²) in [6, 6.07) is 6.26. The fourth-order valence-corrected chi connectivity index (χ4v) is 1.51. The van der Waals surface area contributed by atoms with Crippen LogP contribution in [0.1, 0.15) is 11.1 Å². The van der Waals surface area contributed by atoms with Crippen LogP contribution >= 0.6 is 0 Å². The van der Waals surface area contributed by atoms with Gasteiger partial charge in [-0.2, -0.15) is 0 Å². The Kier molecular flexibility index (Phi) is 3.32. The van der Waals surface area contributed by atoms with E-state index < -0.39 is 11.6 Å². The van der Waals surface area contributed by atoms with E-state index in [9.17, 15) is 8.78 Å². The predicted octanol–water partition coefficient (Wildman–Crippen LogP) is 3.28. The summed E-state index contributed by atoms with van der Waals surface area (Å²) in [7, 11) is 0. The van der Waals surface area contributed by atoms with E-state index in [1.54, 1.807) is 31.5 Å². The monoisotopic (exact) mass is 234 g/mol. The maximum atomic E-state index is 13.7. The number of rotatable bonds is 3. The SMILES string of the molecule is Cc1ccc(F)c(NCc2ccncc2)c1F. The highest BCUT2D eigenvalue weighted by atomic mass is 19.1. The van der Waals surface area contributed by atoms with Crippen LogP contribution in [0.25, 0.3) is 0 Å².